The molecule has 3 atom stereocenters. The Bertz CT molecular complexity index is 4900. The van der Waals surface area contributed by atoms with Crippen LogP contribution in [-0.2, 0) is 24.4 Å². The number of amides is 6. The number of para-hydroxylation sites is 2. The van der Waals surface area contributed by atoms with E-state index in [4.69, 9.17) is 60.6 Å². The summed E-state index contributed by atoms with van der Waals surface area (Å²) in [6, 6.07) is 41.5. The number of hydrogen-bond acceptors (Lipinski definition) is 16. The largest absolute Gasteiger partial charge is 0.506 e. The number of unbranched alkanes of at least 4 members (excludes halogenated alkanes) is 2. The molecule has 110 heavy (non-hydrogen) atoms. The molecule has 0 heterocycles. The Morgan fingerprint density at radius 3 is 1.41 bits per heavy atom. The minimum atomic E-state index is -3.43. The first-order valence-corrected chi connectivity index (χ1v) is 37.2. The highest BCUT2D eigenvalue weighted by atomic mass is 35.5. The van der Waals surface area contributed by atoms with Crippen LogP contribution in [0.5, 0.6) is 34.5 Å². The molecule has 3 unspecified atom stereocenters. The summed E-state index contributed by atoms with van der Waals surface area (Å²) in [6.45, 7) is 11.5. The fraction of sp³-hybridized carbons (Fsp3) is 0.241. The van der Waals surface area contributed by atoms with E-state index >= 15 is 0 Å². The SMILES string of the molecule is CC(Oc1ccccc1N(C)C)C(=O)Nc1cc(O)c(NC(=O)c2ccc(F)c(F)c2)cc1Cl.CCCCN(C)c1ccc(OC(C)C(=O)Nc2cc(F)c(NC(=O)c3ccc(C)cc3)cc2O)cc1.CCCCS(=O)(=O)N(C)c1ccc(OC(C)C(=O)Nc2cc(Cl)c(NC(=O)c3ccc(Cl)c(Cl)c3)cc2O)cc1. The maximum absolute atomic E-state index is 14.6. The molecule has 0 saturated carbocycles. The van der Waals surface area contributed by atoms with Crippen molar-refractivity contribution in [2.24, 2.45) is 0 Å². The first-order chi connectivity index (χ1) is 52.1. The zero-order chi connectivity index (χ0) is 80.8. The Balaban J connectivity index is 0.000000230. The third-order valence-electron chi connectivity index (χ3n) is 16.3. The van der Waals surface area contributed by atoms with Gasteiger partial charge in [-0.25, -0.2) is 21.6 Å². The number of rotatable bonds is 28. The summed E-state index contributed by atoms with van der Waals surface area (Å²) < 4.78 is 84.3. The van der Waals surface area contributed by atoms with Crippen LogP contribution in [0.15, 0.2) is 170 Å². The number of anilines is 9. The number of carbonyl (C=O) groups excluding carboxylic acids is 6. The molecule has 6 amide bonds. The van der Waals surface area contributed by atoms with E-state index < -0.39 is 92.7 Å². The zero-order valence-electron chi connectivity index (χ0n) is 61.4. The number of benzene rings is 9. The van der Waals surface area contributed by atoms with Gasteiger partial charge in [-0.3, -0.25) is 33.1 Å². The molecule has 9 aromatic rings. The summed E-state index contributed by atoms with van der Waals surface area (Å²) in [5, 5.41) is 46.6. The maximum Gasteiger partial charge on any atom is 0.265 e. The molecule has 0 saturated heterocycles. The molecule has 0 spiro atoms. The molecule has 9 aromatic carbocycles. The van der Waals surface area contributed by atoms with Crippen molar-refractivity contribution < 1.29 is 79.9 Å². The number of nitrogens with zero attached hydrogens (tertiary/aromatic N) is 3. The monoisotopic (exact) mass is 1610 g/mol. The lowest BCUT2D eigenvalue weighted by molar-refractivity contribution is -0.122. The highest BCUT2D eigenvalue weighted by Crippen LogP contribution is 2.38. The fourth-order valence-corrected chi connectivity index (χ4v) is 12.0. The van der Waals surface area contributed by atoms with Gasteiger partial charge in [-0.15, -0.1) is 0 Å². The van der Waals surface area contributed by atoms with Gasteiger partial charge in [-0.2, -0.15) is 0 Å². The smallest absolute Gasteiger partial charge is 0.265 e. The lowest BCUT2D eigenvalue weighted by Gasteiger charge is -2.21. The van der Waals surface area contributed by atoms with Gasteiger partial charge < -0.3 is 71.2 Å². The van der Waals surface area contributed by atoms with Crippen LogP contribution in [0, 0.1) is 24.4 Å². The van der Waals surface area contributed by atoms with Crippen molar-refractivity contribution in [3.63, 3.8) is 0 Å². The number of aromatic hydroxyl groups is 3. The molecule has 582 valence electrons. The highest BCUT2D eigenvalue weighted by molar-refractivity contribution is 7.92. The molecule has 9 N–H and O–H groups in total. The predicted octanol–water partition coefficient (Wildman–Crippen LogP) is 17.4. The number of hydrogen-bond donors (Lipinski definition) is 9. The van der Waals surface area contributed by atoms with Gasteiger partial charge in [0.2, 0.25) is 10.0 Å². The number of aryl methyl sites for hydroxylation is 1. The van der Waals surface area contributed by atoms with Crippen LogP contribution in [0.2, 0.25) is 20.1 Å². The molecular formula is C79H82Cl4F3N9O14S. The first kappa shape index (κ1) is 86.1. The Labute approximate surface area is 655 Å². The second-order valence-corrected chi connectivity index (χ2v) is 28.8. The standard InChI is InChI=1S/C28H32FN3O4.C27H28Cl3N3O6S.C24H22ClF2N3O4/c1-5-6-15-32(4)21-11-13-22(14-12-21)36-19(3)27(34)31-25-16-23(29)24(17-26(25)33)30-28(35)20-9-7-18(2)8-10-20;1-4-5-12-40(37,38)33(3)18-7-9-19(10-8-18)39-16(2)26(35)32-24-14-22(30)23(15-25(24)34)31-27(36)17-6-11-20(28)21(29)13-17;1-13(34-22-7-5-4-6-20(22)30(2)3)23(32)28-18-12-21(31)19(11-15(18)25)29-24(33)14-8-9-16(26)17(27)10-14/h7-14,16-17,19,33H,5-6,15H2,1-4H3,(H,30,35)(H,31,34);6-11,13-16,34H,4-5,12H2,1-3H3,(H,31,36)(H,32,35);4-13,31H,1-3H3,(H,28,32)(H,29,33). The van der Waals surface area contributed by atoms with Gasteiger partial charge in [-0.1, -0.05) is 103 Å². The van der Waals surface area contributed by atoms with E-state index in [1.165, 1.54) is 54.7 Å². The average molecular weight is 1610 g/mol. The Morgan fingerprint density at radius 2 is 0.882 bits per heavy atom. The van der Waals surface area contributed by atoms with Gasteiger partial charge in [0.25, 0.3) is 35.4 Å². The minimum Gasteiger partial charge on any atom is -0.506 e. The summed E-state index contributed by atoms with van der Waals surface area (Å²) in [5.74, 6) is -6.31. The fourth-order valence-electron chi connectivity index (χ4n) is 9.89. The van der Waals surface area contributed by atoms with E-state index in [1.807, 2.05) is 64.2 Å². The number of ether oxygens (including phenoxy) is 3. The second-order valence-electron chi connectivity index (χ2n) is 25.0. The molecular weight excluding hydrogens is 1530 g/mol. The lowest BCUT2D eigenvalue weighted by atomic mass is 10.1. The molecule has 0 aromatic heterocycles. The van der Waals surface area contributed by atoms with Crippen molar-refractivity contribution in [1.82, 2.24) is 0 Å². The van der Waals surface area contributed by atoms with Gasteiger partial charge >= 0.3 is 0 Å². The van der Waals surface area contributed by atoms with Crippen LogP contribution in [0.25, 0.3) is 0 Å². The minimum absolute atomic E-state index is 0.00671. The number of phenols is 3. The van der Waals surface area contributed by atoms with Crippen LogP contribution in [0.1, 0.15) is 96.9 Å². The number of nitrogens with one attached hydrogen (secondary N) is 6. The number of carbonyl (C=O) groups is 6. The van der Waals surface area contributed by atoms with Gasteiger partial charge in [0.1, 0.15) is 40.3 Å². The van der Waals surface area contributed by atoms with Crippen LogP contribution in [0.4, 0.5) is 64.4 Å². The van der Waals surface area contributed by atoms with Crippen LogP contribution < -0.4 is 60.2 Å². The summed E-state index contributed by atoms with van der Waals surface area (Å²) in [6.07, 6.45) is 0.761. The molecule has 23 nitrogen and oxygen atoms in total. The Kier molecular flexibility index (Phi) is 31.2. The first-order valence-electron chi connectivity index (χ1n) is 34.1. The van der Waals surface area contributed by atoms with Crippen LogP contribution >= 0.6 is 46.4 Å². The predicted molar refractivity (Wildman–Crippen MR) is 427 cm³/mol. The van der Waals surface area contributed by atoms with E-state index in [9.17, 15) is 65.7 Å². The zero-order valence-corrected chi connectivity index (χ0v) is 65.2. The quantitative estimate of drug-likeness (QED) is 0.0206. The Hall–Kier alpha value is -11.1. The lowest BCUT2D eigenvalue weighted by Crippen LogP contribution is -2.30. The van der Waals surface area contributed by atoms with Gasteiger partial charge in [0, 0.05) is 81.4 Å². The van der Waals surface area contributed by atoms with Crippen molar-refractivity contribution in [1.29, 1.82) is 0 Å². The maximum atomic E-state index is 14.6. The van der Waals surface area contributed by atoms with E-state index in [0.29, 0.717) is 39.9 Å². The number of halogens is 7. The van der Waals surface area contributed by atoms with Gasteiger partial charge in [-0.05, 0) is 162 Å². The third kappa shape index (κ3) is 24.5. The van der Waals surface area contributed by atoms with E-state index in [1.54, 1.807) is 86.6 Å². The highest BCUT2D eigenvalue weighted by Gasteiger charge is 2.25. The van der Waals surface area contributed by atoms with Crippen molar-refractivity contribution in [3.8, 4) is 34.5 Å². The van der Waals surface area contributed by atoms with Gasteiger partial charge in [0.15, 0.2) is 29.9 Å². The summed E-state index contributed by atoms with van der Waals surface area (Å²) in [5.41, 5.74) is 3.50. The normalized spacial score (nSPS) is 11.6. The molecule has 0 aliphatic heterocycles. The summed E-state index contributed by atoms with van der Waals surface area (Å²) >= 11 is 24.3. The molecule has 0 bridgehead atoms. The van der Waals surface area contributed by atoms with E-state index in [0.717, 1.165) is 79.1 Å². The van der Waals surface area contributed by atoms with Gasteiger partial charge in [0.05, 0.1) is 71.3 Å². The third-order valence-corrected chi connectivity index (χ3v) is 19.5. The van der Waals surface area contributed by atoms with Crippen LogP contribution in [-0.4, -0.2) is 118 Å². The molecule has 0 aliphatic carbocycles. The van der Waals surface area contributed by atoms with Crippen LogP contribution in [0.3, 0.4) is 0 Å². The van der Waals surface area contributed by atoms with E-state index in [2.05, 4.69) is 43.7 Å². The molecule has 0 aliphatic rings. The summed E-state index contributed by atoms with van der Waals surface area (Å²) in [4.78, 5) is 79.2. The summed E-state index contributed by atoms with van der Waals surface area (Å²) in [7, 11) is 3.77. The van der Waals surface area contributed by atoms with Crippen molar-refractivity contribution in [2.45, 2.75) is 85.5 Å². The van der Waals surface area contributed by atoms with E-state index in [-0.39, 0.29) is 71.8 Å². The average Bonchev–Trinajstić information content (AvgIpc) is 0.837. The molecule has 9 rings (SSSR count). The van der Waals surface area contributed by atoms with Crippen molar-refractivity contribution >= 4 is 143 Å². The number of phenolic OH excluding ortho intramolecular Hbond substituents is 3. The number of sulfonamides is 1. The molecule has 0 fully saturated rings. The topological polar surface area (TPSA) is 307 Å². The Morgan fingerprint density at radius 1 is 0.445 bits per heavy atom. The van der Waals surface area contributed by atoms with Crippen molar-refractivity contribution in [2.75, 3.05) is 86.5 Å². The molecule has 0 radical (unpaired) electrons. The van der Waals surface area contributed by atoms with Crippen molar-refractivity contribution in [3.05, 3.63) is 230 Å². The second kappa shape index (κ2) is 39.8. The molecule has 31 heteroatoms.